The van der Waals surface area contributed by atoms with Crippen molar-refractivity contribution < 1.29 is 14.2 Å². The topological polar surface area (TPSA) is 88.3 Å². The van der Waals surface area contributed by atoms with E-state index in [1.165, 1.54) is 4.90 Å². The Kier molecular flexibility index (Phi) is 5.70. The third-order valence-electron chi connectivity index (χ3n) is 3.49. The van der Waals surface area contributed by atoms with E-state index < -0.39 is 5.91 Å². The van der Waals surface area contributed by atoms with Crippen molar-refractivity contribution in [2.24, 2.45) is 0 Å². The lowest BCUT2D eigenvalue weighted by atomic mass is 10.2. The number of halogens is 1. The van der Waals surface area contributed by atoms with Crippen molar-refractivity contribution in [3.8, 4) is 0 Å². The van der Waals surface area contributed by atoms with Crippen molar-refractivity contribution in [2.45, 2.75) is 13.3 Å². The van der Waals surface area contributed by atoms with Gasteiger partial charge in [-0.25, -0.2) is 4.63 Å². The SMILES string of the molecule is CCc1nonc1NC(=O)CN1C(=O)/C(=C/c2ccc(Cl)cc2)SC1=S. The Bertz CT molecular complexity index is 895. The molecule has 7 nitrogen and oxygen atoms in total. The number of carbonyl (C=O) groups is 2. The molecule has 0 spiro atoms. The van der Waals surface area contributed by atoms with E-state index in [4.69, 9.17) is 23.8 Å². The van der Waals surface area contributed by atoms with Crippen molar-refractivity contribution >= 4 is 63.6 Å². The second kappa shape index (κ2) is 7.98. The zero-order valence-corrected chi connectivity index (χ0v) is 16.0. The maximum absolute atomic E-state index is 12.5. The average molecular weight is 409 g/mol. The van der Waals surface area contributed by atoms with E-state index in [1.54, 1.807) is 30.3 Å². The standard InChI is InChI=1S/C16H13ClN4O3S2/c1-2-11-14(20-24-19-11)18-13(22)8-21-15(23)12(26-16(21)25)7-9-3-5-10(17)6-4-9/h3-7H,2,8H2,1H3,(H,18,20,22)/b12-7-. The molecule has 0 atom stereocenters. The van der Waals surface area contributed by atoms with E-state index >= 15 is 0 Å². The minimum absolute atomic E-state index is 0.210. The predicted molar refractivity (Wildman–Crippen MR) is 104 cm³/mol. The first-order valence-corrected chi connectivity index (χ1v) is 9.20. The van der Waals surface area contributed by atoms with Gasteiger partial charge in [-0.05, 0) is 35.3 Å². The zero-order valence-electron chi connectivity index (χ0n) is 13.6. The van der Waals surface area contributed by atoms with Gasteiger partial charge < -0.3 is 5.32 Å². The molecule has 1 N–H and O–H groups in total. The molecular weight excluding hydrogens is 396 g/mol. The number of thiocarbonyl (C=S) groups is 1. The number of hydrogen-bond donors (Lipinski definition) is 1. The molecule has 2 heterocycles. The molecule has 1 aromatic heterocycles. The van der Waals surface area contributed by atoms with Gasteiger partial charge in [-0.1, -0.05) is 59.8 Å². The number of aromatic nitrogens is 2. The van der Waals surface area contributed by atoms with Crippen LogP contribution in [0.5, 0.6) is 0 Å². The highest BCUT2D eigenvalue weighted by atomic mass is 35.5. The molecule has 1 fully saturated rings. The lowest BCUT2D eigenvalue weighted by molar-refractivity contribution is -0.126. The van der Waals surface area contributed by atoms with E-state index in [2.05, 4.69) is 20.3 Å². The number of nitrogens with zero attached hydrogens (tertiary/aromatic N) is 3. The molecular formula is C16H13ClN4O3S2. The molecule has 2 aromatic rings. The summed E-state index contributed by atoms with van der Waals surface area (Å²) in [7, 11) is 0. The summed E-state index contributed by atoms with van der Waals surface area (Å²) in [5, 5.41) is 10.5. The van der Waals surface area contributed by atoms with Crippen LogP contribution < -0.4 is 5.32 Å². The summed E-state index contributed by atoms with van der Waals surface area (Å²) >= 11 is 12.2. The lowest BCUT2D eigenvalue weighted by Crippen LogP contribution is -2.36. The monoisotopic (exact) mass is 408 g/mol. The molecule has 26 heavy (non-hydrogen) atoms. The van der Waals surface area contributed by atoms with Crippen LogP contribution in [0.2, 0.25) is 5.02 Å². The van der Waals surface area contributed by atoms with Gasteiger partial charge in [0.05, 0.1) is 4.91 Å². The van der Waals surface area contributed by atoms with Gasteiger partial charge in [-0.15, -0.1) is 0 Å². The summed E-state index contributed by atoms with van der Waals surface area (Å²) in [6.07, 6.45) is 2.27. The Morgan fingerprint density at radius 2 is 2.12 bits per heavy atom. The summed E-state index contributed by atoms with van der Waals surface area (Å²) in [6, 6.07) is 7.06. The number of benzene rings is 1. The molecule has 1 aliphatic rings. The second-order valence-electron chi connectivity index (χ2n) is 5.28. The molecule has 0 bridgehead atoms. The van der Waals surface area contributed by atoms with E-state index in [0.29, 0.717) is 26.4 Å². The van der Waals surface area contributed by atoms with Crippen LogP contribution in [0.4, 0.5) is 5.82 Å². The first kappa shape index (κ1) is 18.6. The number of amides is 2. The van der Waals surface area contributed by atoms with Gasteiger partial charge in [0, 0.05) is 5.02 Å². The van der Waals surface area contributed by atoms with Gasteiger partial charge in [-0.2, -0.15) is 0 Å². The molecule has 0 radical (unpaired) electrons. The molecule has 0 unspecified atom stereocenters. The Labute approximate surface area is 163 Å². The number of thioether (sulfide) groups is 1. The molecule has 1 saturated heterocycles. The van der Waals surface area contributed by atoms with Crippen molar-refractivity contribution in [1.29, 1.82) is 0 Å². The number of carbonyl (C=O) groups excluding carboxylic acids is 2. The molecule has 0 saturated carbocycles. The van der Waals surface area contributed by atoms with E-state index in [0.717, 1.165) is 17.3 Å². The van der Waals surface area contributed by atoms with Crippen molar-refractivity contribution in [2.75, 3.05) is 11.9 Å². The summed E-state index contributed by atoms with van der Waals surface area (Å²) in [5.74, 6) is -0.502. The summed E-state index contributed by atoms with van der Waals surface area (Å²) in [5.41, 5.74) is 1.35. The minimum atomic E-state index is -0.431. The molecule has 1 aromatic carbocycles. The minimum Gasteiger partial charge on any atom is -0.305 e. The summed E-state index contributed by atoms with van der Waals surface area (Å²) in [6.45, 7) is 1.65. The van der Waals surface area contributed by atoms with Gasteiger partial charge in [0.15, 0.2) is 0 Å². The quantitative estimate of drug-likeness (QED) is 0.600. The van der Waals surface area contributed by atoms with Crippen LogP contribution in [-0.4, -0.2) is 37.9 Å². The average Bonchev–Trinajstić information content (AvgIpc) is 3.16. The van der Waals surface area contributed by atoms with Gasteiger partial charge in [0.1, 0.15) is 16.6 Å². The van der Waals surface area contributed by atoms with Crippen molar-refractivity contribution in [3.63, 3.8) is 0 Å². The van der Waals surface area contributed by atoms with E-state index in [-0.39, 0.29) is 18.3 Å². The van der Waals surface area contributed by atoms with E-state index in [9.17, 15) is 9.59 Å². The number of nitrogens with one attached hydrogen (secondary N) is 1. The van der Waals surface area contributed by atoms with Crippen LogP contribution in [-0.2, 0) is 16.0 Å². The molecule has 0 aliphatic carbocycles. The maximum atomic E-state index is 12.5. The highest BCUT2D eigenvalue weighted by molar-refractivity contribution is 8.26. The third-order valence-corrected chi connectivity index (χ3v) is 5.12. The van der Waals surface area contributed by atoms with Crippen LogP contribution in [0.15, 0.2) is 33.8 Å². The van der Waals surface area contributed by atoms with Gasteiger partial charge >= 0.3 is 0 Å². The Hall–Kier alpha value is -2.23. The molecule has 2 amide bonds. The zero-order chi connectivity index (χ0) is 18.7. The van der Waals surface area contributed by atoms with Gasteiger partial charge in [-0.3, -0.25) is 14.5 Å². The van der Waals surface area contributed by atoms with Crippen molar-refractivity contribution in [3.05, 3.63) is 45.5 Å². The third kappa shape index (κ3) is 4.12. The van der Waals surface area contributed by atoms with Crippen LogP contribution in [0.25, 0.3) is 6.08 Å². The van der Waals surface area contributed by atoms with Crippen LogP contribution in [0.3, 0.4) is 0 Å². The van der Waals surface area contributed by atoms with E-state index in [1.807, 2.05) is 6.92 Å². The Morgan fingerprint density at radius 3 is 2.81 bits per heavy atom. The highest BCUT2D eigenvalue weighted by Gasteiger charge is 2.33. The Morgan fingerprint density at radius 1 is 1.38 bits per heavy atom. The fourth-order valence-corrected chi connectivity index (χ4v) is 3.58. The molecule has 134 valence electrons. The number of aryl methyl sites for hydroxylation is 1. The first-order valence-electron chi connectivity index (χ1n) is 7.60. The highest BCUT2D eigenvalue weighted by Crippen LogP contribution is 2.32. The fourth-order valence-electron chi connectivity index (χ4n) is 2.20. The maximum Gasteiger partial charge on any atom is 0.266 e. The normalized spacial score (nSPS) is 15.8. The molecule has 1 aliphatic heterocycles. The van der Waals surface area contributed by atoms with Gasteiger partial charge in [0.25, 0.3) is 5.91 Å². The number of hydrogen-bond acceptors (Lipinski definition) is 7. The second-order valence-corrected chi connectivity index (χ2v) is 7.39. The molecule has 10 heteroatoms. The van der Waals surface area contributed by atoms with Gasteiger partial charge in [0.2, 0.25) is 11.7 Å². The lowest BCUT2D eigenvalue weighted by Gasteiger charge is -2.13. The van der Waals surface area contributed by atoms with Crippen LogP contribution in [0.1, 0.15) is 18.2 Å². The Balaban J connectivity index is 1.69. The smallest absolute Gasteiger partial charge is 0.266 e. The van der Waals surface area contributed by atoms with Crippen LogP contribution in [0, 0.1) is 0 Å². The van der Waals surface area contributed by atoms with Crippen LogP contribution >= 0.6 is 35.6 Å². The first-order chi connectivity index (χ1) is 12.5. The summed E-state index contributed by atoms with van der Waals surface area (Å²) < 4.78 is 4.92. The number of anilines is 1. The molecule has 3 rings (SSSR count). The largest absolute Gasteiger partial charge is 0.305 e. The number of rotatable bonds is 5. The predicted octanol–water partition coefficient (Wildman–Crippen LogP) is 3.13. The fraction of sp³-hybridized carbons (Fsp3) is 0.188. The van der Waals surface area contributed by atoms with Crippen molar-refractivity contribution in [1.82, 2.24) is 15.2 Å². The summed E-state index contributed by atoms with van der Waals surface area (Å²) in [4.78, 5) is 26.4.